The molecule has 0 fully saturated rings. The Kier molecular flexibility index (Phi) is 6.98. The van der Waals surface area contributed by atoms with E-state index in [0.29, 0.717) is 29.2 Å². The fraction of sp³-hybridized carbons (Fsp3) is 0.350. The average molecular weight is 391 g/mol. The van der Waals surface area contributed by atoms with Gasteiger partial charge < -0.3 is 14.7 Å². The molecule has 0 spiro atoms. The van der Waals surface area contributed by atoms with Crippen molar-refractivity contribution >= 4 is 15.8 Å². The highest BCUT2D eigenvalue weighted by Gasteiger charge is 2.17. The summed E-state index contributed by atoms with van der Waals surface area (Å²) in [5.41, 5.74) is 2.16. The maximum Gasteiger partial charge on any atom is 0.307 e. The minimum atomic E-state index is -3.28. The molecule has 0 amide bonds. The van der Waals surface area contributed by atoms with Crippen molar-refractivity contribution in [1.82, 2.24) is 4.90 Å². The van der Waals surface area contributed by atoms with E-state index in [9.17, 15) is 13.2 Å². The third-order valence-corrected chi connectivity index (χ3v) is 5.48. The minimum Gasteiger partial charge on any atom is -0.481 e. The van der Waals surface area contributed by atoms with Crippen LogP contribution >= 0.6 is 0 Å². The monoisotopic (exact) mass is 391 g/mol. The van der Waals surface area contributed by atoms with Crippen LogP contribution in [0, 0.1) is 6.92 Å². The second-order valence-electron chi connectivity index (χ2n) is 6.83. The number of carboxylic acid groups (broad SMARTS) is 1. The normalized spacial score (nSPS) is 11.6. The summed E-state index contributed by atoms with van der Waals surface area (Å²) < 4.78 is 30.8. The number of carbonyl (C=O) groups is 1. The van der Waals surface area contributed by atoms with E-state index in [0.717, 1.165) is 5.56 Å². The Bertz CT molecular complexity index is 906. The first-order valence-electron chi connectivity index (χ1n) is 8.58. The lowest BCUT2D eigenvalue weighted by atomic mass is 10.1. The van der Waals surface area contributed by atoms with Crippen LogP contribution in [0.5, 0.6) is 11.5 Å². The molecule has 0 bridgehead atoms. The minimum absolute atomic E-state index is 0.0709. The van der Waals surface area contributed by atoms with Crippen LogP contribution in [-0.4, -0.2) is 50.8 Å². The van der Waals surface area contributed by atoms with Crippen molar-refractivity contribution in [2.75, 3.05) is 26.4 Å². The topological polar surface area (TPSA) is 83.9 Å². The van der Waals surface area contributed by atoms with Gasteiger partial charge in [0.15, 0.2) is 9.84 Å². The molecule has 6 nitrogen and oxygen atoms in total. The standard InChI is InChI=1S/C20H25NO5S/c1-15-7-8-19(17(11-15)14-27(24,25)10-9-21(2)3)26-18-6-4-5-16(12-18)13-20(22)23/h4-8,11-12H,9-10,13-14H2,1-3H3,(H,22,23). The first-order chi connectivity index (χ1) is 12.6. The second kappa shape index (κ2) is 9.01. The van der Waals surface area contributed by atoms with E-state index in [4.69, 9.17) is 9.84 Å². The molecule has 0 saturated carbocycles. The van der Waals surface area contributed by atoms with Crippen LogP contribution in [0.3, 0.4) is 0 Å². The molecule has 1 N–H and O–H groups in total. The molecule has 0 aliphatic carbocycles. The van der Waals surface area contributed by atoms with E-state index in [1.807, 2.05) is 38.1 Å². The summed E-state index contributed by atoms with van der Waals surface area (Å²) in [5, 5.41) is 8.93. The number of nitrogens with zero attached hydrogens (tertiary/aromatic N) is 1. The first kappa shape index (κ1) is 20.9. The number of carboxylic acids is 1. The molecular weight excluding hydrogens is 366 g/mol. The van der Waals surface area contributed by atoms with E-state index >= 15 is 0 Å². The van der Waals surface area contributed by atoms with Gasteiger partial charge in [-0.3, -0.25) is 4.79 Å². The van der Waals surface area contributed by atoms with Crippen molar-refractivity contribution in [2.24, 2.45) is 0 Å². The van der Waals surface area contributed by atoms with Gasteiger partial charge in [0.25, 0.3) is 0 Å². The Morgan fingerprint density at radius 2 is 1.89 bits per heavy atom. The summed E-state index contributed by atoms with van der Waals surface area (Å²) in [6.45, 7) is 2.36. The molecule has 0 atom stereocenters. The lowest BCUT2D eigenvalue weighted by Gasteiger charge is -2.14. The van der Waals surface area contributed by atoms with Crippen LogP contribution in [-0.2, 0) is 26.8 Å². The van der Waals surface area contributed by atoms with Gasteiger partial charge in [-0.05, 0) is 44.8 Å². The third kappa shape index (κ3) is 7.03. The first-order valence-corrected chi connectivity index (χ1v) is 10.4. The van der Waals surface area contributed by atoms with Gasteiger partial charge in [0.2, 0.25) is 0 Å². The molecule has 27 heavy (non-hydrogen) atoms. The summed E-state index contributed by atoms with van der Waals surface area (Å²) in [4.78, 5) is 12.7. The predicted octanol–water partition coefficient (Wildman–Crippen LogP) is 2.89. The van der Waals surface area contributed by atoms with E-state index in [1.165, 1.54) is 0 Å². The Morgan fingerprint density at radius 1 is 1.15 bits per heavy atom. The molecular formula is C20H25NO5S. The molecule has 0 unspecified atom stereocenters. The van der Waals surface area contributed by atoms with Crippen LogP contribution in [0.4, 0.5) is 0 Å². The predicted molar refractivity (Wildman–Crippen MR) is 105 cm³/mol. The summed E-state index contributed by atoms with van der Waals surface area (Å²) in [7, 11) is 0.384. The zero-order chi connectivity index (χ0) is 20.0. The molecule has 0 heterocycles. The number of aryl methyl sites for hydroxylation is 1. The number of rotatable bonds is 9. The molecule has 7 heteroatoms. The van der Waals surface area contributed by atoms with E-state index in [1.54, 1.807) is 30.3 Å². The van der Waals surface area contributed by atoms with Gasteiger partial charge >= 0.3 is 5.97 Å². The quantitative estimate of drug-likeness (QED) is 0.708. The fourth-order valence-corrected chi connectivity index (χ4v) is 4.06. The highest BCUT2D eigenvalue weighted by atomic mass is 32.2. The van der Waals surface area contributed by atoms with Gasteiger partial charge in [-0.2, -0.15) is 0 Å². The molecule has 2 aromatic carbocycles. The molecule has 0 aromatic heterocycles. The number of benzene rings is 2. The van der Waals surface area contributed by atoms with Gasteiger partial charge in [0, 0.05) is 12.1 Å². The SMILES string of the molecule is Cc1ccc(Oc2cccc(CC(=O)O)c2)c(CS(=O)(=O)CCN(C)C)c1. The van der Waals surface area contributed by atoms with E-state index < -0.39 is 15.8 Å². The maximum absolute atomic E-state index is 12.4. The molecule has 0 radical (unpaired) electrons. The Hall–Kier alpha value is -2.38. The van der Waals surface area contributed by atoms with Crippen LogP contribution in [0.15, 0.2) is 42.5 Å². The smallest absolute Gasteiger partial charge is 0.307 e. The van der Waals surface area contributed by atoms with Crippen molar-refractivity contribution in [3.05, 3.63) is 59.2 Å². The van der Waals surface area contributed by atoms with E-state index in [2.05, 4.69) is 0 Å². The Labute approximate surface area is 160 Å². The largest absolute Gasteiger partial charge is 0.481 e. The fourth-order valence-electron chi connectivity index (χ4n) is 2.57. The van der Waals surface area contributed by atoms with Gasteiger partial charge in [-0.1, -0.05) is 29.8 Å². The van der Waals surface area contributed by atoms with Crippen LogP contribution < -0.4 is 4.74 Å². The maximum atomic E-state index is 12.4. The Morgan fingerprint density at radius 3 is 2.56 bits per heavy atom. The molecule has 0 saturated heterocycles. The molecule has 0 aliphatic rings. The number of hydrogen-bond donors (Lipinski definition) is 1. The van der Waals surface area contributed by atoms with Gasteiger partial charge in [-0.15, -0.1) is 0 Å². The summed E-state index contributed by atoms with van der Waals surface area (Å²) in [6, 6.07) is 12.2. The summed E-state index contributed by atoms with van der Waals surface area (Å²) in [5.74, 6) is -0.0186. The number of sulfone groups is 1. The molecule has 2 aromatic rings. The lowest BCUT2D eigenvalue weighted by molar-refractivity contribution is -0.136. The highest BCUT2D eigenvalue weighted by Crippen LogP contribution is 2.28. The number of hydrogen-bond acceptors (Lipinski definition) is 5. The van der Waals surface area contributed by atoms with Crippen molar-refractivity contribution < 1.29 is 23.1 Å². The lowest BCUT2D eigenvalue weighted by Crippen LogP contribution is -2.22. The zero-order valence-electron chi connectivity index (χ0n) is 15.8. The molecule has 2 rings (SSSR count). The van der Waals surface area contributed by atoms with Crippen LogP contribution in [0.25, 0.3) is 0 Å². The van der Waals surface area contributed by atoms with Gasteiger partial charge in [0.1, 0.15) is 11.5 Å². The molecule has 0 aliphatic heterocycles. The second-order valence-corrected chi connectivity index (χ2v) is 9.01. The molecule has 146 valence electrons. The van der Waals surface area contributed by atoms with Crippen molar-refractivity contribution in [3.8, 4) is 11.5 Å². The Balaban J connectivity index is 2.24. The van der Waals surface area contributed by atoms with Crippen molar-refractivity contribution in [3.63, 3.8) is 0 Å². The van der Waals surface area contributed by atoms with Crippen LogP contribution in [0.1, 0.15) is 16.7 Å². The average Bonchev–Trinajstić information content (AvgIpc) is 2.55. The summed E-state index contributed by atoms with van der Waals surface area (Å²) in [6.07, 6.45) is -0.100. The highest BCUT2D eigenvalue weighted by molar-refractivity contribution is 7.90. The van der Waals surface area contributed by atoms with Crippen LogP contribution in [0.2, 0.25) is 0 Å². The van der Waals surface area contributed by atoms with E-state index in [-0.39, 0.29) is 17.9 Å². The van der Waals surface area contributed by atoms with Gasteiger partial charge in [0.05, 0.1) is 17.9 Å². The number of aliphatic carboxylic acids is 1. The third-order valence-electron chi connectivity index (χ3n) is 3.92. The summed E-state index contributed by atoms with van der Waals surface area (Å²) >= 11 is 0. The number of ether oxygens (including phenoxy) is 1. The zero-order valence-corrected chi connectivity index (χ0v) is 16.6. The van der Waals surface area contributed by atoms with Crippen molar-refractivity contribution in [1.29, 1.82) is 0 Å². The van der Waals surface area contributed by atoms with Gasteiger partial charge in [-0.25, -0.2) is 8.42 Å². The van der Waals surface area contributed by atoms with Crippen molar-refractivity contribution in [2.45, 2.75) is 19.1 Å².